The van der Waals surface area contributed by atoms with Crippen LogP contribution < -0.4 is 5.32 Å². The second kappa shape index (κ2) is 8.00. The summed E-state index contributed by atoms with van der Waals surface area (Å²) in [5.41, 5.74) is 0.622. The molecule has 0 atom stereocenters. The molecule has 0 aliphatic carbocycles. The molecule has 1 amide bonds. The minimum atomic E-state index is -0.119. The van der Waals surface area contributed by atoms with E-state index in [1.54, 1.807) is 19.2 Å². The molecule has 1 aromatic heterocycles. The molecule has 0 radical (unpaired) electrons. The van der Waals surface area contributed by atoms with Crippen molar-refractivity contribution in [2.75, 3.05) is 32.2 Å². The van der Waals surface area contributed by atoms with Crippen molar-refractivity contribution in [1.29, 1.82) is 0 Å². The third kappa shape index (κ3) is 6.21. The Bertz CT molecular complexity index is 343. The molecule has 17 heavy (non-hydrogen) atoms. The highest BCUT2D eigenvalue weighted by atomic mass is 35.5. The lowest BCUT2D eigenvalue weighted by Gasteiger charge is -2.05. The lowest BCUT2D eigenvalue weighted by Crippen LogP contribution is -2.15. The fourth-order valence-electron chi connectivity index (χ4n) is 1.08. The minimum absolute atomic E-state index is 0.119. The molecule has 1 heterocycles. The molecule has 0 unspecified atom stereocenters. The summed E-state index contributed by atoms with van der Waals surface area (Å²) in [7, 11) is 1.60. The average molecular weight is 259 g/mol. The molecule has 5 nitrogen and oxygen atoms in total. The smallest absolute Gasteiger partial charge is 0.226 e. The number of nitrogens with one attached hydrogen (secondary N) is 1. The quantitative estimate of drug-likeness (QED) is 0.598. The Balaban J connectivity index is 2.18. The molecule has 0 bridgehead atoms. The Hall–Kier alpha value is -1.17. The molecular weight excluding hydrogens is 244 g/mol. The van der Waals surface area contributed by atoms with Crippen LogP contribution in [0.4, 0.5) is 5.69 Å². The first-order valence-corrected chi connectivity index (χ1v) is 5.58. The summed E-state index contributed by atoms with van der Waals surface area (Å²) in [4.78, 5) is 15.3. The third-order valence-electron chi connectivity index (χ3n) is 1.92. The number of carbonyl (C=O) groups excluding carboxylic acids is 1. The average Bonchev–Trinajstić information content (AvgIpc) is 2.32. The molecule has 0 spiro atoms. The van der Waals surface area contributed by atoms with Gasteiger partial charge in [0.1, 0.15) is 5.15 Å². The third-order valence-corrected chi connectivity index (χ3v) is 2.14. The Labute approximate surface area is 105 Å². The largest absolute Gasteiger partial charge is 0.382 e. The van der Waals surface area contributed by atoms with Gasteiger partial charge in [0.05, 0.1) is 38.1 Å². The highest BCUT2D eigenvalue weighted by Gasteiger charge is 2.02. The van der Waals surface area contributed by atoms with Gasteiger partial charge in [-0.1, -0.05) is 11.6 Å². The number of rotatable bonds is 7. The fraction of sp³-hybridized carbons (Fsp3) is 0.455. The van der Waals surface area contributed by atoms with Crippen molar-refractivity contribution >= 4 is 23.2 Å². The highest BCUT2D eigenvalue weighted by Crippen LogP contribution is 2.09. The van der Waals surface area contributed by atoms with E-state index in [9.17, 15) is 4.79 Å². The summed E-state index contributed by atoms with van der Waals surface area (Å²) in [6.45, 7) is 1.39. The van der Waals surface area contributed by atoms with Crippen LogP contribution in [0.1, 0.15) is 6.42 Å². The highest BCUT2D eigenvalue weighted by molar-refractivity contribution is 6.29. The number of anilines is 1. The van der Waals surface area contributed by atoms with E-state index in [0.717, 1.165) is 0 Å². The number of carbonyl (C=O) groups is 1. The van der Waals surface area contributed by atoms with Crippen LogP contribution in [0.3, 0.4) is 0 Å². The van der Waals surface area contributed by atoms with E-state index < -0.39 is 0 Å². The first-order chi connectivity index (χ1) is 8.22. The van der Waals surface area contributed by atoms with Crippen molar-refractivity contribution in [1.82, 2.24) is 4.98 Å². The standard InChI is InChI=1S/C11H15ClN2O3/c1-16-6-7-17-5-4-11(15)14-9-2-3-10(12)13-8-9/h2-3,8H,4-7H2,1H3,(H,14,15). The molecule has 0 aliphatic rings. The van der Waals surface area contributed by atoms with Crippen LogP contribution in [0.2, 0.25) is 5.15 Å². The maximum absolute atomic E-state index is 11.4. The maximum Gasteiger partial charge on any atom is 0.226 e. The van der Waals surface area contributed by atoms with Crippen LogP contribution in [-0.4, -0.2) is 37.8 Å². The van der Waals surface area contributed by atoms with Gasteiger partial charge >= 0.3 is 0 Å². The topological polar surface area (TPSA) is 60.5 Å². The zero-order valence-electron chi connectivity index (χ0n) is 9.61. The van der Waals surface area contributed by atoms with E-state index >= 15 is 0 Å². The normalized spacial score (nSPS) is 10.2. The van der Waals surface area contributed by atoms with Gasteiger partial charge in [0.15, 0.2) is 0 Å². The van der Waals surface area contributed by atoms with Gasteiger partial charge in [-0.3, -0.25) is 4.79 Å². The summed E-state index contributed by atoms with van der Waals surface area (Å²) >= 11 is 5.62. The number of nitrogens with zero attached hydrogens (tertiary/aromatic N) is 1. The Kier molecular flexibility index (Phi) is 6.54. The van der Waals surface area contributed by atoms with Crippen molar-refractivity contribution in [3.63, 3.8) is 0 Å². The monoisotopic (exact) mass is 258 g/mol. The Morgan fingerprint density at radius 1 is 1.41 bits per heavy atom. The van der Waals surface area contributed by atoms with Gasteiger partial charge in [0.25, 0.3) is 0 Å². The van der Waals surface area contributed by atoms with Crippen LogP contribution in [0.15, 0.2) is 18.3 Å². The van der Waals surface area contributed by atoms with Crippen LogP contribution in [0, 0.1) is 0 Å². The van der Waals surface area contributed by atoms with E-state index in [1.165, 1.54) is 6.20 Å². The number of methoxy groups -OCH3 is 1. The minimum Gasteiger partial charge on any atom is -0.382 e. The fourth-order valence-corrected chi connectivity index (χ4v) is 1.19. The zero-order chi connectivity index (χ0) is 12.5. The van der Waals surface area contributed by atoms with Crippen LogP contribution in [0.25, 0.3) is 0 Å². The first-order valence-electron chi connectivity index (χ1n) is 5.20. The molecule has 6 heteroatoms. The van der Waals surface area contributed by atoms with Gasteiger partial charge in [-0.25, -0.2) is 4.98 Å². The van der Waals surface area contributed by atoms with E-state index in [1.807, 2.05) is 0 Å². The van der Waals surface area contributed by atoms with Gasteiger partial charge in [0.2, 0.25) is 5.91 Å². The van der Waals surface area contributed by atoms with Gasteiger partial charge in [-0.05, 0) is 12.1 Å². The summed E-state index contributed by atoms with van der Waals surface area (Å²) in [6, 6.07) is 3.31. The molecule has 1 N–H and O–H groups in total. The number of hydrogen-bond donors (Lipinski definition) is 1. The van der Waals surface area contributed by atoms with Crippen molar-refractivity contribution in [2.24, 2.45) is 0 Å². The lowest BCUT2D eigenvalue weighted by molar-refractivity contribution is -0.117. The van der Waals surface area contributed by atoms with E-state index in [-0.39, 0.29) is 5.91 Å². The predicted molar refractivity (Wildman–Crippen MR) is 65.2 cm³/mol. The maximum atomic E-state index is 11.4. The zero-order valence-corrected chi connectivity index (χ0v) is 10.4. The van der Waals surface area contributed by atoms with Crippen LogP contribution in [0.5, 0.6) is 0 Å². The number of ether oxygens (including phenoxy) is 2. The van der Waals surface area contributed by atoms with Gasteiger partial charge in [0, 0.05) is 7.11 Å². The van der Waals surface area contributed by atoms with Crippen LogP contribution >= 0.6 is 11.6 Å². The van der Waals surface area contributed by atoms with Crippen molar-refractivity contribution < 1.29 is 14.3 Å². The Morgan fingerprint density at radius 3 is 2.88 bits per heavy atom. The number of aromatic nitrogens is 1. The summed E-state index contributed by atoms with van der Waals surface area (Å²) in [5, 5.41) is 3.08. The van der Waals surface area contributed by atoms with Crippen molar-refractivity contribution in [3.8, 4) is 0 Å². The van der Waals surface area contributed by atoms with Crippen molar-refractivity contribution in [2.45, 2.75) is 6.42 Å². The number of halogens is 1. The summed E-state index contributed by atoms with van der Waals surface area (Å²) in [6.07, 6.45) is 1.80. The van der Waals surface area contributed by atoms with E-state index in [4.69, 9.17) is 21.1 Å². The van der Waals surface area contributed by atoms with E-state index in [0.29, 0.717) is 37.1 Å². The van der Waals surface area contributed by atoms with Gasteiger partial charge in [-0.15, -0.1) is 0 Å². The van der Waals surface area contributed by atoms with E-state index in [2.05, 4.69) is 10.3 Å². The second-order valence-electron chi connectivity index (χ2n) is 3.27. The molecule has 1 rings (SSSR count). The van der Waals surface area contributed by atoms with Crippen molar-refractivity contribution in [3.05, 3.63) is 23.5 Å². The first kappa shape index (κ1) is 13.9. The second-order valence-corrected chi connectivity index (χ2v) is 3.66. The lowest BCUT2D eigenvalue weighted by atomic mass is 10.3. The van der Waals surface area contributed by atoms with Gasteiger partial charge in [-0.2, -0.15) is 0 Å². The van der Waals surface area contributed by atoms with Gasteiger partial charge < -0.3 is 14.8 Å². The predicted octanol–water partition coefficient (Wildman–Crippen LogP) is 1.73. The Morgan fingerprint density at radius 2 is 2.24 bits per heavy atom. The molecule has 0 fully saturated rings. The summed E-state index contributed by atoms with van der Waals surface area (Å²) < 4.78 is 9.99. The van der Waals surface area contributed by atoms with Crippen LogP contribution in [-0.2, 0) is 14.3 Å². The number of pyridine rings is 1. The molecule has 94 valence electrons. The molecule has 0 aromatic carbocycles. The number of amides is 1. The molecule has 1 aromatic rings. The SMILES string of the molecule is COCCOCCC(=O)Nc1ccc(Cl)nc1. The summed E-state index contributed by atoms with van der Waals surface area (Å²) in [5.74, 6) is -0.119. The number of hydrogen-bond acceptors (Lipinski definition) is 4. The molecular formula is C11H15ClN2O3. The molecule has 0 saturated heterocycles. The molecule has 0 saturated carbocycles. The molecule has 0 aliphatic heterocycles.